The molecule has 4 heteroatoms. The lowest BCUT2D eigenvalue weighted by Crippen LogP contribution is -1.71. The summed E-state index contributed by atoms with van der Waals surface area (Å²) in [5.41, 5.74) is 0.375. The summed E-state index contributed by atoms with van der Waals surface area (Å²) in [6, 6.07) is 3.31. The summed E-state index contributed by atoms with van der Waals surface area (Å²) in [4.78, 5) is 3.18. The average molecular weight is 251 g/mol. The van der Waals surface area contributed by atoms with Crippen molar-refractivity contribution in [2.45, 2.75) is 0 Å². The summed E-state index contributed by atoms with van der Waals surface area (Å²) in [5.74, 6) is 0. The first kappa shape index (κ1) is 8.86. The molecule has 1 nitrogen and oxygen atoms in total. The molecule has 0 aliphatic carbocycles. The van der Waals surface area contributed by atoms with Crippen molar-refractivity contribution in [1.29, 1.82) is 0 Å². The first-order valence-electron chi connectivity index (χ1n) is 2.67. The van der Waals surface area contributed by atoms with E-state index in [1.165, 1.54) is 0 Å². The van der Waals surface area contributed by atoms with E-state index < -0.39 is 0 Å². The zero-order valence-corrected chi connectivity index (χ0v) is 8.33. The van der Waals surface area contributed by atoms with E-state index in [1.807, 2.05) is 0 Å². The maximum atomic E-state index is 6.72. The third-order valence-electron chi connectivity index (χ3n) is 1.14. The predicted octanol–water partition coefficient (Wildman–Crippen LogP) is 4.31. The molecule has 0 aromatic heterocycles. The second-order valence-corrected chi connectivity index (χ2v) is 3.42. The topological polar surface area (TPSA) is 4.36 Å². The normalized spacial score (nSPS) is 9.27. The standard InChI is InChI=1S/C7H2BrCl2N/c1-11-5-3-2-4(8)6(9)7(5)10/h2-3H. The first-order chi connectivity index (χ1) is 5.16. The summed E-state index contributed by atoms with van der Waals surface area (Å²) in [6.07, 6.45) is 0. The number of nitrogens with zero attached hydrogens (tertiary/aromatic N) is 1. The highest BCUT2D eigenvalue weighted by Gasteiger charge is 2.06. The SMILES string of the molecule is [C-]#[N+]c1ccc(Br)c(Cl)c1Cl. The Morgan fingerprint density at radius 2 is 1.91 bits per heavy atom. The van der Waals surface area contributed by atoms with Gasteiger partial charge in [0.05, 0.1) is 16.6 Å². The zero-order chi connectivity index (χ0) is 8.43. The largest absolute Gasteiger partial charge is 0.237 e. The molecule has 0 atom stereocenters. The minimum Gasteiger partial charge on any atom is -0.237 e. The van der Waals surface area contributed by atoms with Crippen LogP contribution in [0.4, 0.5) is 5.69 Å². The fourth-order valence-corrected chi connectivity index (χ4v) is 1.41. The van der Waals surface area contributed by atoms with Crippen molar-refractivity contribution < 1.29 is 0 Å². The number of rotatable bonds is 0. The second-order valence-electron chi connectivity index (χ2n) is 1.81. The van der Waals surface area contributed by atoms with E-state index in [0.29, 0.717) is 20.2 Å². The van der Waals surface area contributed by atoms with Crippen LogP contribution in [-0.2, 0) is 0 Å². The fourth-order valence-electron chi connectivity index (χ4n) is 0.602. The van der Waals surface area contributed by atoms with Crippen molar-refractivity contribution in [2.24, 2.45) is 0 Å². The number of hydrogen-bond donors (Lipinski definition) is 0. The van der Waals surface area contributed by atoms with E-state index in [0.717, 1.165) is 0 Å². The lowest BCUT2D eigenvalue weighted by atomic mass is 10.3. The van der Waals surface area contributed by atoms with Crippen LogP contribution in [-0.4, -0.2) is 0 Å². The van der Waals surface area contributed by atoms with Gasteiger partial charge in [-0.2, -0.15) is 0 Å². The Labute approximate surface area is 82.9 Å². The molecule has 0 N–H and O–H groups in total. The van der Waals surface area contributed by atoms with Crippen LogP contribution in [0.15, 0.2) is 16.6 Å². The van der Waals surface area contributed by atoms with Gasteiger partial charge in [0.1, 0.15) is 0 Å². The van der Waals surface area contributed by atoms with Gasteiger partial charge in [0.2, 0.25) is 5.69 Å². The monoisotopic (exact) mass is 249 g/mol. The van der Waals surface area contributed by atoms with Crippen molar-refractivity contribution in [3.05, 3.63) is 38.1 Å². The lowest BCUT2D eigenvalue weighted by molar-refractivity contribution is 1.65. The van der Waals surface area contributed by atoms with Gasteiger partial charge in [-0.05, 0) is 15.9 Å². The van der Waals surface area contributed by atoms with E-state index in [-0.39, 0.29) is 0 Å². The molecular weight excluding hydrogens is 249 g/mol. The molecule has 1 aromatic carbocycles. The highest BCUT2D eigenvalue weighted by atomic mass is 79.9. The molecule has 0 aliphatic heterocycles. The molecule has 0 aliphatic rings. The summed E-state index contributed by atoms with van der Waals surface area (Å²) in [6.45, 7) is 6.72. The first-order valence-corrected chi connectivity index (χ1v) is 4.22. The van der Waals surface area contributed by atoms with Crippen LogP contribution in [0.25, 0.3) is 4.85 Å². The molecule has 0 fully saturated rings. The van der Waals surface area contributed by atoms with Gasteiger partial charge in [0.25, 0.3) is 0 Å². The quantitative estimate of drug-likeness (QED) is 0.478. The molecule has 0 spiro atoms. The van der Waals surface area contributed by atoms with E-state index in [9.17, 15) is 0 Å². The number of hydrogen-bond acceptors (Lipinski definition) is 0. The van der Waals surface area contributed by atoms with Gasteiger partial charge >= 0.3 is 0 Å². The molecule has 1 rings (SSSR count). The van der Waals surface area contributed by atoms with Crippen LogP contribution in [0, 0.1) is 6.57 Å². The molecule has 0 radical (unpaired) electrons. The van der Waals surface area contributed by atoms with Crippen LogP contribution >= 0.6 is 39.1 Å². The number of benzene rings is 1. The zero-order valence-electron chi connectivity index (χ0n) is 5.24. The van der Waals surface area contributed by atoms with E-state index in [2.05, 4.69) is 20.8 Å². The molecule has 1 aromatic rings. The average Bonchev–Trinajstić information content (AvgIpc) is 2.01. The fraction of sp³-hybridized carbons (Fsp3) is 0. The van der Waals surface area contributed by atoms with Gasteiger partial charge in [0, 0.05) is 4.47 Å². The van der Waals surface area contributed by atoms with Crippen molar-refractivity contribution in [3.63, 3.8) is 0 Å². The van der Waals surface area contributed by atoms with Crippen LogP contribution in [0.1, 0.15) is 0 Å². The Hall–Kier alpha value is -0.230. The van der Waals surface area contributed by atoms with Crippen molar-refractivity contribution >= 4 is 44.8 Å². The Kier molecular flexibility index (Phi) is 2.78. The summed E-state index contributed by atoms with van der Waals surface area (Å²) in [5, 5.41) is 0.691. The Morgan fingerprint density at radius 3 is 2.45 bits per heavy atom. The summed E-state index contributed by atoms with van der Waals surface area (Å²) < 4.78 is 0.705. The Bertz CT molecular complexity index is 330. The minimum atomic E-state index is 0.302. The van der Waals surface area contributed by atoms with E-state index in [4.69, 9.17) is 29.8 Å². The highest BCUT2D eigenvalue weighted by Crippen LogP contribution is 2.37. The molecule has 0 bridgehead atoms. The maximum absolute atomic E-state index is 6.72. The highest BCUT2D eigenvalue weighted by molar-refractivity contribution is 9.10. The number of halogens is 3. The van der Waals surface area contributed by atoms with Gasteiger partial charge in [-0.3, -0.25) is 0 Å². The van der Waals surface area contributed by atoms with Crippen LogP contribution in [0.3, 0.4) is 0 Å². The van der Waals surface area contributed by atoms with Gasteiger partial charge < -0.3 is 0 Å². The van der Waals surface area contributed by atoms with E-state index in [1.54, 1.807) is 12.1 Å². The van der Waals surface area contributed by atoms with E-state index >= 15 is 0 Å². The van der Waals surface area contributed by atoms with Gasteiger partial charge in [0.15, 0.2) is 0 Å². The van der Waals surface area contributed by atoms with Crippen LogP contribution < -0.4 is 0 Å². The molecule has 0 heterocycles. The smallest absolute Gasteiger partial charge is 0.207 e. The summed E-state index contributed by atoms with van der Waals surface area (Å²) >= 11 is 14.7. The van der Waals surface area contributed by atoms with Gasteiger partial charge in [-0.25, -0.2) is 4.85 Å². The third-order valence-corrected chi connectivity index (χ3v) is 2.90. The van der Waals surface area contributed by atoms with Crippen LogP contribution in [0.5, 0.6) is 0 Å². The molecule has 0 saturated heterocycles. The molecule has 0 amide bonds. The lowest BCUT2D eigenvalue weighted by Gasteiger charge is -1.99. The van der Waals surface area contributed by atoms with Gasteiger partial charge in [-0.1, -0.05) is 35.3 Å². The Morgan fingerprint density at radius 1 is 1.27 bits per heavy atom. The molecule has 56 valence electrons. The molecule has 11 heavy (non-hydrogen) atoms. The van der Waals surface area contributed by atoms with Gasteiger partial charge in [-0.15, -0.1) is 0 Å². The summed E-state index contributed by atoms with van der Waals surface area (Å²) in [7, 11) is 0. The molecule has 0 saturated carbocycles. The maximum Gasteiger partial charge on any atom is 0.207 e. The van der Waals surface area contributed by atoms with Crippen molar-refractivity contribution in [3.8, 4) is 0 Å². The van der Waals surface area contributed by atoms with Crippen molar-refractivity contribution in [2.75, 3.05) is 0 Å². The minimum absolute atomic E-state index is 0.302. The molecule has 0 unspecified atom stereocenters. The molecular formula is C7H2BrCl2N. The third kappa shape index (κ3) is 1.67. The Balaban J connectivity index is 3.40. The van der Waals surface area contributed by atoms with Crippen LogP contribution in [0.2, 0.25) is 10.0 Å². The predicted molar refractivity (Wildman–Crippen MR) is 50.4 cm³/mol. The van der Waals surface area contributed by atoms with Crippen molar-refractivity contribution in [1.82, 2.24) is 0 Å². The second kappa shape index (κ2) is 3.44.